The van der Waals surface area contributed by atoms with E-state index in [1.807, 2.05) is 12.1 Å². The van der Waals surface area contributed by atoms with Crippen molar-refractivity contribution in [3.05, 3.63) is 22.7 Å². The fourth-order valence-electron chi connectivity index (χ4n) is 2.61. The van der Waals surface area contributed by atoms with E-state index < -0.39 is 0 Å². The number of halogens is 1. The number of carbonyl (C=O) groups excluding carboxylic acids is 2. The van der Waals surface area contributed by atoms with Crippen molar-refractivity contribution in [1.29, 1.82) is 0 Å². The van der Waals surface area contributed by atoms with E-state index in [9.17, 15) is 9.59 Å². The molecule has 1 fully saturated rings. The first-order chi connectivity index (χ1) is 11.6. The summed E-state index contributed by atoms with van der Waals surface area (Å²) in [7, 11) is 0. The Morgan fingerprint density at radius 2 is 2.17 bits per heavy atom. The Labute approximate surface area is 149 Å². The number of carbonyl (C=O) groups is 2. The number of thioether (sulfide) groups is 1. The molecule has 130 valence electrons. The number of amides is 2. The molecule has 2 heterocycles. The summed E-state index contributed by atoms with van der Waals surface area (Å²) in [6, 6.07) is 3.73. The molecule has 2 aliphatic rings. The van der Waals surface area contributed by atoms with Crippen molar-refractivity contribution in [3.63, 3.8) is 0 Å². The molecule has 0 unspecified atom stereocenters. The third-order valence-electron chi connectivity index (χ3n) is 3.85. The quantitative estimate of drug-likeness (QED) is 0.832. The summed E-state index contributed by atoms with van der Waals surface area (Å²) in [6.45, 7) is 2.73. The number of hydrogen-bond donors (Lipinski definition) is 1. The zero-order valence-electron chi connectivity index (χ0n) is 13.2. The average Bonchev–Trinajstić information content (AvgIpc) is 2.98. The van der Waals surface area contributed by atoms with Gasteiger partial charge in [-0.1, -0.05) is 23.4 Å². The van der Waals surface area contributed by atoms with Gasteiger partial charge in [-0.2, -0.15) is 0 Å². The minimum absolute atomic E-state index is 0.0525. The number of nitrogens with zero attached hydrogens (tertiary/aromatic N) is 1. The van der Waals surface area contributed by atoms with Crippen LogP contribution in [0.1, 0.15) is 12.0 Å². The minimum Gasteiger partial charge on any atom is -0.486 e. The summed E-state index contributed by atoms with van der Waals surface area (Å²) >= 11 is 7.50. The number of nitrogens with one attached hydrogen (secondary N) is 1. The van der Waals surface area contributed by atoms with E-state index in [-0.39, 0.29) is 11.1 Å². The van der Waals surface area contributed by atoms with Gasteiger partial charge in [0.2, 0.25) is 5.91 Å². The van der Waals surface area contributed by atoms with Gasteiger partial charge in [-0.25, -0.2) is 0 Å². The maximum atomic E-state index is 11.9. The molecule has 1 saturated heterocycles. The molecule has 0 spiro atoms. The first kappa shape index (κ1) is 17.2. The fraction of sp³-hybridized carbons (Fsp3) is 0.500. The van der Waals surface area contributed by atoms with Crippen LogP contribution in [-0.2, 0) is 11.2 Å². The van der Waals surface area contributed by atoms with Gasteiger partial charge >= 0.3 is 0 Å². The molecule has 8 heteroatoms. The second-order valence-corrected chi connectivity index (χ2v) is 7.01. The van der Waals surface area contributed by atoms with E-state index >= 15 is 0 Å². The molecule has 1 N–H and O–H groups in total. The van der Waals surface area contributed by atoms with Gasteiger partial charge in [0.25, 0.3) is 5.24 Å². The lowest BCUT2D eigenvalue weighted by Crippen LogP contribution is -2.31. The predicted molar refractivity (Wildman–Crippen MR) is 93.2 cm³/mol. The van der Waals surface area contributed by atoms with Crippen molar-refractivity contribution in [2.75, 3.05) is 38.6 Å². The predicted octanol–water partition coefficient (Wildman–Crippen LogP) is 2.33. The van der Waals surface area contributed by atoms with E-state index in [2.05, 4.69) is 5.32 Å². The molecule has 0 aromatic heterocycles. The van der Waals surface area contributed by atoms with Crippen LogP contribution >= 0.6 is 23.4 Å². The molecule has 0 aliphatic carbocycles. The van der Waals surface area contributed by atoms with E-state index in [4.69, 9.17) is 21.1 Å². The molecule has 0 bridgehead atoms. The molecule has 0 saturated carbocycles. The Hall–Kier alpha value is -1.60. The van der Waals surface area contributed by atoms with E-state index in [1.54, 1.807) is 4.90 Å². The average molecular weight is 371 g/mol. The molecular formula is C16H19ClN2O4S. The summed E-state index contributed by atoms with van der Waals surface area (Å²) < 4.78 is 11.0. The lowest BCUT2D eigenvalue weighted by Gasteiger charge is -2.20. The lowest BCUT2D eigenvalue weighted by atomic mass is 10.1. The van der Waals surface area contributed by atoms with Crippen LogP contribution in [0.25, 0.3) is 0 Å². The molecule has 1 aromatic rings. The van der Waals surface area contributed by atoms with Gasteiger partial charge in [0.05, 0.1) is 5.02 Å². The van der Waals surface area contributed by atoms with Crippen molar-refractivity contribution in [3.8, 4) is 11.5 Å². The Bertz CT molecular complexity index is 641. The van der Waals surface area contributed by atoms with E-state index in [1.165, 1.54) is 11.8 Å². The molecule has 2 amide bonds. The van der Waals surface area contributed by atoms with Crippen molar-refractivity contribution in [1.82, 2.24) is 10.2 Å². The number of ether oxygens (including phenoxy) is 2. The highest BCUT2D eigenvalue weighted by atomic mass is 35.5. The normalized spacial score (nSPS) is 16.4. The standard InChI is InChI=1S/C16H19ClN2O4S/c17-12-9-11(10-13-15(12)23-7-6-22-13)1-3-18-14(20)2-4-19-5-8-24-16(19)21/h9-10H,1-8H2,(H,18,20). The smallest absolute Gasteiger partial charge is 0.281 e. The van der Waals surface area contributed by atoms with Crippen molar-refractivity contribution >= 4 is 34.5 Å². The lowest BCUT2D eigenvalue weighted by molar-refractivity contribution is -0.121. The van der Waals surface area contributed by atoms with Crippen molar-refractivity contribution in [2.45, 2.75) is 12.8 Å². The van der Waals surface area contributed by atoms with Crippen LogP contribution in [0.5, 0.6) is 11.5 Å². The van der Waals surface area contributed by atoms with Crippen LogP contribution in [-0.4, -0.2) is 54.6 Å². The van der Waals surface area contributed by atoms with Crippen molar-refractivity contribution < 1.29 is 19.1 Å². The number of benzene rings is 1. The van der Waals surface area contributed by atoms with Crippen LogP contribution in [0.2, 0.25) is 5.02 Å². The maximum Gasteiger partial charge on any atom is 0.281 e. The summed E-state index contributed by atoms with van der Waals surface area (Å²) in [6.07, 6.45) is 0.981. The minimum atomic E-state index is -0.0525. The SMILES string of the molecule is O=C(CCN1CCSC1=O)NCCc1cc(Cl)c2c(c1)OCCO2. The van der Waals surface area contributed by atoms with Crippen LogP contribution in [0, 0.1) is 0 Å². The number of hydrogen-bond acceptors (Lipinski definition) is 5. The Balaban J connectivity index is 1.43. The van der Waals surface area contributed by atoms with Crippen LogP contribution in [0.4, 0.5) is 4.79 Å². The number of fused-ring (bicyclic) bond motifs is 1. The van der Waals surface area contributed by atoms with Crippen LogP contribution in [0.15, 0.2) is 12.1 Å². The second-order valence-electron chi connectivity index (χ2n) is 5.55. The molecule has 2 aliphatic heterocycles. The van der Waals surface area contributed by atoms with Crippen LogP contribution < -0.4 is 14.8 Å². The van der Waals surface area contributed by atoms with Gasteiger partial charge < -0.3 is 19.7 Å². The second kappa shape index (κ2) is 7.98. The van der Waals surface area contributed by atoms with Crippen molar-refractivity contribution in [2.24, 2.45) is 0 Å². The zero-order chi connectivity index (χ0) is 16.9. The maximum absolute atomic E-state index is 11.9. The van der Waals surface area contributed by atoms with Gasteiger partial charge in [0.15, 0.2) is 11.5 Å². The Morgan fingerprint density at radius 3 is 2.96 bits per heavy atom. The summed E-state index contributed by atoms with van der Waals surface area (Å²) in [5.41, 5.74) is 0.982. The first-order valence-electron chi connectivity index (χ1n) is 7.90. The molecule has 1 aromatic carbocycles. The number of rotatable bonds is 6. The first-order valence-corrected chi connectivity index (χ1v) is 9.26. The van der Waals surface area contributed by atoms with Crippen LogP contribution in [0.3, 0.4) is 0 Å². The molecule has 6 nitrogen and oxygen atoms in total. The largest absolute Gasteiger partial charge is 0.486 e. The molecule has 0 atom stereocenters. The highest BCUT2D eigenvalue weighted by Crippen LogP contribution is 2.38. The topological polar surface area (TPSA) is 67.9 Å². The summed E-state index contributed by atoms with van der Waals surface area (Å²) in [5, 5.41) is 3.46. The summed E-state index contributed by atoms with van der Waals surface area (Å²) in [5.74, 6) is 2.00. The third-order valence-corrected chi connectivity index (χ3v) is 5.02. The highest BCUT2D eigenvalue weighted by molar-refractivity contribution is 8.13. The zero-order valence-corrected chi connectivity index (χ0v) is 14.8. The summed E-state index contributed by atoms with van der Waals surface area (Å²) in [4.78, 5) is 25.0. The Kier molecular flexibility index (Phi) is 5.73. The highest BCUT2D eigenvalue weighted by Gasteiger charge is 2.21. The molecular weight excluding hydrogens is 352 g/mol. The molecule has 24 heavy (non-hydrogen) atoms. The van der Waals surface area contributed by atoms with Gasteiger partial charge in [0.1, 0.15) is 13.2 Å². The fourth-order valence-corrected chi connectivity index (χ4v) is 3.75. The molecule has 0 radical (unpaired) electrons. The van der Waals surface area contributed by atoms with E-state index in [0.29, 0.717) is 55.7 Å². The third kappa shape index (κ3) is 4.27. The monoisotopic (exact) mass is 370 g/mol. The van der Waals surface area contributed by atoms with Gasteiger partial charge in [-0.15, -0.1) is 0 Å². The molecule has 3 rings (SSSR count). The Morgan fingerprint density at radius 1 is 1.33 bits per heavy atom. The van der Waals surface area contributed by atoms with Gasteiger partial charge in [-0.3, -0.25) is 9.59 Å². The van der Waals surface area contributed by atoms with Gasteiger partial charge in [0, 0.05) is 31.8 Å². The van der Waals surface area contributed by atoms with Gasteiger partial charge in [-0.05, 0) is 24.1 Å². The van der Waals surface area contributed by atoms with E-state index in [0.717, 1.165) is 17.9 Å².